The number of carbonyl (C=O) groups is 1. The standard InChI is InChI=1S/C17H21NO2/c1-10(2)11-7-8-14-13(9-11)16-12(17(19)20)5-4-6-15(16)18(14)3/h7-10,12H,4-6H2,1-3H3,(H,19,20). The monoisotopic (exact) mass is 271 g/mol. The van der Waals surface area contributed by atoms with E-state index in [9.17, 15) is 9.90 Å². The predicted molar refractivity (Wildman–Crippen MR) is 80.3 cm³/mol. The number of hydrogen-bond donors (Lipinski definition) is 1. The van der Waals surface area contributed by atoms with Gasteiger partial charge in [0.05, 0.1) is 5.92 Å². The van der Waals surface area contributed by atoms with Crippen LogP contribution in [0.5, 0.6) is 0 Å². The smallest absolute Gasteiger partial charge is 0.311 e. The van der Waals surface area contributed by atoms with Crippen molar-refractivity contribution in [3.8, 4) is 0 Å². The third-order valence-corrected chi connectivity index (χ3v) is 4.61. The van der Waals surface area contributed by atoms with Gasteiger partial charge in [-0.15, -0.1) is 0 Å². The number of nitrogens with zero attached hydrogens (tertiary/aromatic N) is 1. The summed E-state index contributed by atoms with van der Waals surface area (Å²) in [5, 5.41) is 10.7. The van der Waals surface area contributed by atoms with Crippen LogP contribution in [-0.4, -0.2) is 15.6 Å². The van der Waals surface area contributed by atoms with Crippen LogP contribution in [0, 0.1) is 0 Å². The molecule has 1 aromatic carbocycles. The molecule has 1 aliphatic rings. The highest BCUT2D eigenvalue weighted by atomic mass is 16.4. The normalized spacial score (nSPS) is 18.5. The molecule has 106 valence electrons. The highest BCUT2D eigenvalue weighted by Crippen LogP contribution is 2.39. The van der Waals surface area contributed by atoms with Gasteiger partial charge in [-0.1, -0.05) is 19.9 Å². The molecule has 0 spiro atoms. The van der Waals surface area contributed by atoms with E-state index in [4.69, 9.17) is 0 Å². The molecule has 0 aliphatic heterocycles. The number of carboxylic acid groups (broad SMARTS) is 1. The summed E-state index contributed by atoms with van der Waals surface area (Å²) in [5.41, 5.74) is 4.71. The van der Waals surface area contributed by atoms with Crippen molar-refractivity contribution in [2.24, 2.45) is 7.05 Å². The number of aromatic nitrogens is 1. The molecule has 0 fully saturated rings. The van der Waals surface area contributed by atoms with Gasteiger partial charge in [-0.3, -0.25) is 4.79 Å². The lowest BCUT2D eigenvalue weighted by Crippen LogP contribution is -2.18. The van der Waals surface area contributed by atoms with Crippen molar-refractivity contribution < 1.29 is 9.90 Å². The number of hydrogen-bond acceptors (Lipinski definition) is 1. The van der Waals surface area contributed by atoms with Crippen molar-refractivity contribution in [1.82, 2.24) is 4.57 Å². The zero-order valence-electron chi connectivity index (χ0n) is 12.3. The average Bonchev–Trinajstić information content (AvgIpc) is 2.72. The maximum atomic E-state index is 11.6. The number of aryl methyl sites for hydroxylation is 1. The summed E-state index contributed by atoms with van der Waals surface area (Å²) in [7, 11) is 2.06. The summed E-state index contributed by atoms with van der Waals surface area (Å²) in [6.07, 6.45) is 2.71. The molecule has 20 heavy (non-hydrogen) atoms. The van der Waals surface area contributed by atoms with Gasteiger partial charge < -0.3 is 9.67 Å². The molecule has 1 unspecified atom stereocenters. The Morgan fingerprint density at radius 3 is 2.80 bits per heavy atom. The summed E-state index contributed by atoms with van der Waals surface area (Å²) in [6, 6.07) is 6.50. The second-order valence-electron chi connectivity index (χ2n) is 6.13. The molecular weight excluding hydrogens is 250 g/mol. The van der Waals surface area contributed by atoms with Crippen LogP contribution in [0.25, 0.3) is 10.9 Å². The van der Waals surface area contributed by atoms with Crippen LogP contribution < -0.4 is 0 Å². The van der Waals surface area contributed by atoms with E-state index in [1.54, 1.807) is 0 Å². The van der Waals surface area contributed by atoms with Gasteiger partial charge in [0, 0.05) is 23.6 Å². The fourth-order valence-corrected chi connectivity index (χ4v) is 3.46. The third-order valence-electron chi connectivity index (χ3n) is 4.61. The van der Waals surface area contributed by atoms with Crippen molar-refractivity contribution in [1.29, 1.82) is 0 Å². The van der Waals surface area contributed by atoms with Crippen molar-refractivity contribution >= 4 is 16.9 Å². The van der Waals surface area contributed by atoms with Gasteiger partial charge in [0.2, 0.25) is 0 Å². The molecule has 2 aromatic rings. The van der Waals surface area contributed by atoms with Crippen LogP contribution >= 0.6 is 0 Å². The predicted octanol–water partition coefficient (Wildman–Crippen LogP) is 3.81. The Balaban J connectivity index is 2.31. The number of aliphatic carboxylic acids is 1. The third kappa shape index (κ3) is 1.84. The molecule has 3 heteroatoms. The molecule has 1 atom stereocenters. The highest BCUT2D eigenvalue weighted by molar-refractivity contribution is 5.92. The van der Waals surface area contributed by atoms with Gasteiger partial charge in [-0.2, -0.15) is 0 Å². The molecule has 1 heterocycles. The molecule has 3 nitrogen and oxygen atoms in total. The van der Waals surface area contributed by atoms with Gasteiger partial charge in [0.15, 0.2) is 0 Å². The van der Waals surface area contributed by atoms with Gasteiger partial charge in [0.1, 0.15) is 0 Å². The Hall–Kier alpha value is -1.77. The lowest BCUT2D eigenvalue weighted by atomic mass is 9.84. The van der Waals surface area contributed by atoms with Crippen molar-refractivity contribution in [3.05, 3.63) is 35.0 Å². The van der Waals surface area contributed by atoms with Crippen LogP contribution in [-0.2, 0) is 18.3 Å². The Labute approximate surface area is 119 Å². The second kappa shape index (κ2) is 4.65. The van der Waals surface area contributed by atoms with E-state index >= 15 is 0 Å². The van der Waals surface area contributed by atoms with Crippen molar-refractivity contribution in [3.63, 3.8) is 0 Å². The first-order valence-electron chi connectivity index (χ1n) is 7.34. The van der Waals surface area contributed by atoms with E-state index in [1.165, 1.54) is 11.3 Å². The SMILES string of the molecule is CC(C)c1ccc2c(c1)c1c(n2C)CCCC1C(=O)O. The number of carboxylic acids is 1. The van der Waals surface area contributed by atoms with E-state index in [-0.39, 0.29) is 5.92 Å². The summed E-state index contributed by atoms with van der Waals surface area (Å²) in [4.78, 5) is 11.6. The number of rotatable bonds is 2. The van der Waals surface area contributed by atoms with E-state index in [2.05, 4.69) is 43.7 Å². The average molecular weight is 271 g/mol. The summed E-state index contributed by atoms with van der Waals surface area (Å²) < 4.78 is 2.18. The summed E-state index contributed by atoms with van der Waals surface area (Å²) in [5.74, 6) is -0.569. The Kier molecular flexibility index (Phi) is 3.08. The number of benzene rings is 1. The van der Waals surface area contributed by atoms with Crippen molar-refractivity contribution in [2.75, 3.05) is 0 Å². The molecule has 1 aromatic heterocycles. The fraction of sp³-hybridized carbons (Fsp3) is 0.471. The van der Waals surface area contributed by atoms with Crippen LogP contribution in [0.15, 0.2) is 18.2 Å². The Morgan fingerprint density at radius 1 is 1.40 bits per heavy atom. The minimum Gasteiger partial charge on any atom is -0.481 e. The molecule has 0 radical (unpaired) electrons. The maximum Gasteiger partial charge on any atom is 0.311 e. The van der Waals surface area contributed by atoms with Crippen LogP contribution in [0.4, 0.5) is 0 Å². The van der Waals surface area contributed by atoms with E-state index in [0.29, 0.717) is 5.92 Å². The van der Waals surface area contributed by atoms with Gasteiger partial charge in [-0.25, -0.2) is 0 Å². The fourth-order valence-electron chi connectivity index (χ4n) is 3.46. The first-order chi connectivity index (χ1) is 9.50. The molecule has 0 saturated carbocycles. The summed E-state index contributed by atoms with van der Waals surface area (Å²) >= 11 is 0. The zero-order chi connectivity index (χ0) is 14.4. The van der Waals surface area contributed by atoms with Crippen LogP contribution in [0.1, 0.15) is 55.3 Å². The van der Waals surface area contributed by atoms with Crippen LogP contribution in [0.3, 0.4) is 0 Å². The van der Waals surface area contributed by atoms with Crippen LogP contribution in [0.2, 0.25) is 0 Å². The topological polar surface area (TPSA) is 42.2 Å². The maximum absolute atomic E-state index is 11.6. The quantitative estimate of drug-likeness (QED) is 0.902. The van der Waals surface area contributed by atoms with Gasteiger partial charge in [0.25, 0.3) is 0 Å². The lowest BCUT2D eigenvalue weighted by molar-refractivity contribution is -0.139. The first-order valence-corrected chi connectivity index (χ1v) is 7.34. The zero-order valence-corrected chi connectivity index (χ0v) is 12.3. The largest absolute Gasteiger partial charge is 0.481 e. The minimum atomic E-state index is -0.687. The Bertz CT molecular complexity index is 682. The molecule has 0 saturated heterocycles. The minimum absolute atomic E-state index is 0.343. The van der Waals surface area contributed by atoms with Gasteiger partial charge in [-0.05, 0) is 48.4 Å². The lowest BCUT2D eigenvalue weighted by Gasteiger charge is -2.20. The molecular formula is C17H21NO2. The Morgan fingerprint density at radius 2 is 2.15 bits per heavy atom. The van der Waals surface area contributed by atoms with E-state index < -0.39 is 5.97 Å². The molecule has 1 aliphatic carbocycles. The first kappa shape index (κ1) is 13.2. The molecule has 0 bridgehead atoms. The molecule has 3 rings (SSSR count). The van der Waals surface area contributed by atoms with E-state index in [0.717, 1.165) is 35.7 Å². The molecule has 1 N–H and O–H groups in total. The van der Waals surface area contributed by atoms with Gasteiger partial charge >= 0.3 is 5.97 Å². The highest BCUT2D eigenvalue weighted by Gasteiger charge is 2.31. The summed E-state index contributed by atoms with van der Waals surface area (Å²) in [6.45, 7) is 4.34. The molecule has 0 amide bonds. The van der Waals surface area contributed by atoms with Crippen molar-refractivity contribution in [2.45, 2.75) is 44.9 Å². The number of fused-ring (bicyclic) bond motifs is 3. The second-order valence-corrected chi connectivity index (χ2v) is 6.13. The van der Waals surface area contributed by atoms with E-state index in [1.807, 2.05) is 0 Å².